The summed E-state index contributed by atoms with van der Waals surface area (Å²) in [7, 11) is 2.98. The van der Waals surface area contributed by atoms with Crippen molar-refractivity contribution in [3.63, 3.8) is 0 Å². The Kier molecular flexibility index (Phi) is 5.59. The molecular weight excluding hydrogens is 398 g/mol. The molecule has 1 atom stereocenters. The van der Waals surface area contributed by atoms with E-state index in [4.69, 9.17) is 4.74 Å². The van der Waals surface area contributed by atoms with Gasteiger partial charge in [-0.25, -0.2) is 4.79 Å². The molecule has 4 rings (SSSR count). The summed E-state index contributed by atoms with van der Waals surface area (Å²) in [6.45, 7) is 0.0759. The zero-order valence-electron chi connectivity index (χ0n) is 17.2. The largest absolute Gasteiger partial charge is 0.491 e. The zero-order valence-corrected chi connectivity index (χ0v) is 17.2. The van der Waals surface area contributed by atoms with Gasteiger partial charge in [-0.3, -0.25) is 13.9 Å². The number of hydrogen-bond donors (Lipinski definition) is 2. The van der Waals surface area contributed by atoms with Gasteiger partial charge in [0, 0.05) is 19.8 Å². The second-order valence-corrected chi connectivity index (χ2v) is 7.19. The van der Waals surface area contributed by atoms with Crippen molar-refractivity contribution >= 4 is 22.8 Å². The third-order valence-electron chi connectivity index (χ3n) is 4.96. The maximum absolute atomic E-state index is 12.9. The molecule has 0 amide bonds. The highest BCUT2D eigenvalue weighted by molar-refractivity contribution is 5.75. The van der Waals surface area contributed by atoms with Crippen LogP contribution < -0.4 is 21.3 Å². The van der Waals surface area contributed by atoms with E-state index in [0.29, 0.717) is 11.7 Å². The van der Waals surface area contributed by atoms with Gasteiger partial charge in [0.05, 0.1) is 6.54 Å². The topological polar surface area (TPSA) is 103 Å². The first kappa shape index (κ1) is 20.4. The van der Waals surface area contributed by atoms with Crippen LogP contribution in [0.3, 0.4) is 0 Å². The van der Waals surface area contributed by atoms with E-state index < -0.39 is 17.4 Å². The molecule has 1 unspecified atom stereocenters. The lowest BCUT2D eigenvalue weighted by Crippen LogP contribution is -2.38. The number of hydrogen-bond acceptors (Lipinski definition) is 6. The Balaban J connectivity index is 1.73. The maximum Gasteiger partial charge on any atom is 0.332 e. The van der Waals surface area contributed by atoms with E-state index in [-0.39, 0.29) is 24.3 Å². The van der Waals surface area contributed by atoms with Crippen molar-refractivity contribution in [3.8, 4) is 5.75 Å². The second-order valence-electron chi connectivity index (χ2n) is 7.19. The fraction of sp³-hybridized carbons (Fsp3) is 0.227. The Morgan fingerprint density at radius 2 is 1.65 bits per heavy atom. The number of nitrogens with one attached hydrogen (secondary N) is 1. The van der Waals surface area contributed by atoms with E-state index in [1.807, 2.05) is 48.5 Å². The predicted molar refractivity (Wildman–Crippen MR) is 118 cm³/mol. The Bertz CT molecular complexity index is 1310. The van der Waals surface area contributed by atoms with Crippen LogP contribution in [0.2, 0.25) is 0 Å². The number of imidazole rings is 1. The number of aryl methyl sites for hydroxylation is 1. The first-order chi connectivity index (χ1) is 15.0. The molecular formula is C22H23N5O4. The Hall–Kier alpha value is -3.85. The van der Waals surface area contributed by atoms with Crippen LogP contribution in [0.15, 0.2) is 70.3 Å². The molecule has 31 heavy (non-hydrogen) atoms. The van der Waals surface area contributed by atoms with Crippen LogP contribution in [0.1, 0.15) is 0 Å². The molecule has 9 heteroatoms. The maximum atomic E-state index is 12.9. The summed E-state index contributed by atoms with van der Waals surface area (Å²) in [5.41, 5.74) is 0.268. The number of para-hydroxylation sites is 2. The van der Waals surface area contributed by atoms with Crippen molar-refractivity contribution < 1.29 is 9.84 Å². The molecule has 2 aromatic heterocycles. The van der Waals surface area contributed by atoms with Crippen LogP contribution in [0.4, 0.5) is 11.6 Å². The second kappa shape index (κ2) is 8.49. The molecule has 0 aliphatic carbocycles. The molecule has 0 aliphatic rings. The smallest absolute Gasteiger partial charge is 0.332 e. The fourth-order valence-electron chi connectivity index (χ4n) is 3.34. The van der Waals surface area contributed by atoms with Crippen molar-refractivity contribution in [1.29, 1.82) is 0 Å². The highest BCUT2D eigenvalue weighted by atomic mass is 16.5. The fourth-order valence-corrected chi connectivity index (χ4v) is 3.34. The number of ether oxygens (including phenoxy) is 1. The van der Waals surface area contributed by atoms with Gasteiger partial charge in [0.2, 0.25) is 5.95 Å². The number of rotatable bonds is 7. The van der Waals surface area contributed by atoms with Crippen LogP contribution in [-0.4, -0.2) is 36.5 Å². The number of benzene rings is 2. The lowest BCUT2D eigenvalue weighted by Gasteiger charge is -2.16. The van der Waals surface area contributed by atoms with E-state index >= 15 is 0 Å². The third-order valence-corrected chi connectivity index (χ3v) is 4.96. The summed E-state index contributed by atoms with van der Waals surface area (Å²) < 4.78 is 9.57. The van der Waals surface area contributed by atoms with Crippen LogP contribution in [-0.2, 0) is 20.6 Å². The SMILES string of the molecule is Cn1c(=O)c2c(nc(Nc3ccccc3)n2CC(O)COc2ccccc2)n(C)c1=O. The lowest BCUT2D eigenvalue weighted by molar-refractivity contribution is 0.0938. The third kappa shape index (κ3) is 4.08. The van der Waals surface area contributed by atoms with E-state index in [1.54, 1.807) is 23.7 Å². The highest BCUT2D eigenvalue weighted by Crippen LogP contribution is 2.21. The number of anilines is 2. The number of nitrogens with zero attached hydrogens (tertiary/aromatic N) is 4. The first-order valence-electron chi connectivity index (χ1n) is 9.80. The molecule has 0 spiro atoms. The molecule has 4 aromatic rings. The van der Waals surface area contributed by atoms with E-state index in [0.717, 1.165) is 10.3 Å². The van der Waals surface area contributed by atoms with Crippen molar-refractivity contribution in [2.24, 2.45) is 14.1 Å². The van der Waals surface area contributed by atoms with Gasteiger partial charge < -0.3 is 19.7 Å². The standard InChI is InChI=1S/C22H23N5O4/c1-25-19-18(20(29)26(2)22(25)30)27(21(24-19)23-15-9-5-3-6-10-15)13-16(28)14-31-17-11-7-4-8-12-17/h3-12,16,28H,13-14H2,1-2H3,(H,23,24). The molecule has 0 aliphatic heterocycles. The average Bonchev–Trinajstić information content (AvgIpc) is 3.14. The Morgan fingerprint density at radius 1 is 1.00 bits per heavy atom. The molecule has 2 N–H and O–H groups in total. The van der Waals surface area contributed by atoms with Gasteiger partial charge in [-0.2, -0.15) is 4.98 Å². The normalized spacial score (nSPS) is 12.1. The zero-order chi connectivity index (χ0) is 22.0. The van der Waals surface area contributed by atoms with Crippen molar-refractivity contribution in [3.05, 3.63) is 81.5 Å². The molecule has 0 saturated heterocycles. The lowest BCUT2D eigenvalue weighted by atomic mass is 10.3. The summed E-state index contributed by atoms with van der Waals surface area (Å²) in [5.74, 6) is 0.983. The average molecular weight is 421 g/mol. The summed E-state index contributed by atoms with van der Waals surface area (Å²) >= 11 is 0. The molecule has 0 radical (unpaired) electrons. The number of fused-ring (bicyclic) bond motifs is 1. The van der Waals surface area contributed by atoms with Crippen LogP contribution in [0.5, 0.6) is 5.75 Å². The van der Waals surface area contributed by atoms with Crippen LogP contribution in [0, 0.1) is 0 Å². The highest BCUT2D eigenvalue weighted by Gasteiger charge is 2.21. The first-order valence-corrected chi connectivity index (χ1v) is 9.80. The molecule has 2 heterocycles. The minimum atomic E-state index is -0.920. The van der Waals surface area contributed by atoms with Crippen molar-refractivity contribution in [1.82, 2.24) is 18.7 Å². The molecule has 160 valence electrons. The van der Waals surface area contributed by atoms with Gasteiger partial charge in [0.15, 0.2) is 11.2 Å². The van der Waals surface area contributed by atoms with Crippen LogP contribution >= 0.6 is 0 Å². The van der Waals surface area contributed by atoms with Crippen molar-refractivity contribution in [2.75, 3.05) is 11.9 Å². The summed E-state index contributed by atoms with van der Waals surface area (Å²) in [4.78, 5) is 29.7. The molecule has 0 fully saturated rings. The number of aliphatic hydroxyl groups is 1. The summed E-state index contributed by atoms with van der Waals surface area (Å²) in [5, 5.41) is 13.8. The number of aromatic nitrogens is 4. The van der Waals surface area contributed by atoms with Gasteiger partial charge in [-0.1, -0.05) is 36.4 Å². The van der Waals surface area contributed by atoms with Gasteiger partial charge in [-0.15, -0.1) is 0 Å². The van der Waals surface area contributed by atoms with E-state index in [1.165, 1.54) is 11.6 Å². The van der Waals surface area contributed by atoms with Crippen LogP contribution in [0.25, 0.3) is 11.2 Å². The molecule has 0 saturated carbocycles. The molecule has 9 nitrogen and oxygen atoms in total. The Morgan fingerprint density at radius 3 is 2.32 bits per heavy atom. The van der Waals surface area contributed by atoms with Gasteiger partial charge >= 0.3 is 5.69 Å². The minimum Gasteiger partial charge on any atom is -0.491 e. The summed E-state index contributed by atoms with van der Waals surface area (Å²) in [6.07, 6.45) is -0.920. The predicted octanol–water partition coefficient (Wildman–Crippen LogP) is 1.62. The summed E-state index contributed by atoms with van der Waals surface area (Å²) in [6, 6.07) is 18.5. The molecule has 0 bridgehead atoms. The van der Waals surface area contributed by atoms with Gasteiger partial charge in [0.1, 0.15) is 18.5 Å². The minimum absolute atomic E-state index is 0.0283. The quantitative estimate of drug-likeness (QED) is 0.470. The van der Waals surface area contributed by atoms with E-state index in [9.17, 15) is 14.7 Å². The van der Waals surface area contributed by atoms with Gasteiger partial charge in [-0.05, 0) is 24.3 Å². The molecule has 2 aromatic carbocycles. The van der Waals surface area contributed by atoms with Gasteiger partial charge in [0.25, 0.3) is 5.56 Å². The van der Waals surface area contributed by atoms with Crippen molar-refractivity contribution in [2.45, 2.75) is 12.6 Å². The van der Waals surface area contributed by atoms with E-state index in [2.05, 4.69) is 10.3 Å². The Labute approximate surface area is 177 Å². The monoisotopic (exact) mass is 421 g/mol. The number of aliphatic hydroxyl groups excluding tert-OH is 1.